The third-order valence-electron chi connectivity index (χ3n) is 5.55. The second-order valence-electron chi connectivity index (χ2n) is 8.12. The monoisotopic (exact) mass is 443 g/mol. The summed E-state index contributed by atoms with van der Waals surface area (Å²) < 4.78 is 25.6. The lowest BCUT2D eigenvalue weighted by molar-refractivity contribution is -0.119. The Hall–Kier alpha value is -2.87. The first-order valence-electron chi connectivity index (χ1n) is 10.3. The molecule has 0 aliphatic carbocycles. The van der Waals surface area contributed by atoms with Gasteiger partial charge >= 0.3 is 0 Å². The fraction of sp³-hybridized carbons (Fsp3) is 0.391. The number of benzene rings is 2. The lowest BCUT2D eigenvalue weighted by Crippen LogP contribution is -2.38. The molecule has 0 atom stereocenters. The molecule has 8 heteroatoms. The molecule has 2 amide bonds. The first kappa shape index (κ1) is 22.8. The average molecular weight is 444 g/mol. The van der Waals surface area contributed by atoms with Crippen LogP contribution in [0.25, 0.3) is 0 Å². The summed E-state index contributed by atoms with van der Waals surface area (Å²) in [5, 5.41) is 2.79. The van der Waals surface area contributed by atoms with Gasteiger partial charge < -0.3 is 10.2 Å². The maximum absolute atomic E-state index is 13.0. The molecule has 1 aliphatic heterocycles. The molecule has 31 heavy (non-hydrogen) atoms. The van der Waals surface area contributed by atoms with Crippen molar-refractivity contribution in [1.82, 2.24) is 10.2 Å². The topological polar surface area (TPSA) is 95.6 Å². The van der Waals surface area contributed by atoms with Crippen LogP contribution in [0.5, 0.6) is 0 Å². The number of carbonyl (C=O) groups is 2. The van der Waals surface area contributed by atoms with Crippen LogP contribution in [0.4, 0.5) is 5.69 Å². The van der Waals surface area contributed by atoms with Crippen LogP contribution in [0, 0.1) is 6.92 Å². The van der Waals surface area contributed by atoms with E-state index in [1.807, 2.05) is 17.0 Å². The Balaban J connectivity index is 1.61. The molecule has 2 N–H and O–H groups in total. The summed E-state index contributed by atoms with van der Waals surface area (Å²) in [4.78, 5) is 25.8. The summed E-state index contributed by atoms with van der Waals surface area (Å²) >= 11 is 0. The smallest absolute Gasteiger partial charge is 0.253 e. The van der Waals surface area contributed by atoms with Crippen LogP contribution in [-0.2, 0) is 21.4 Å². The highest BCUT2D eigenvalue weighted by atomic mass is 32.2. The molecular weight excluding hydrogens is 414 g/mol. The van der Waals surface area contributed by atoms with Gasteiger partial charge in [0.2, 0.25) is 15.9 Å². The predicted molar refractivity (Wildman–Crippen MR) is 121 cm³/mol. The Morgan fingerprint density at radius 3 is 2.29 bits per heavy atom. The van der Waals surface area contributed by atoms with E-state index >= 15 is 0 Å². The maximum atomic E-state index is 13.0. The van der Waals surface area contributed by atoms with E-state index in [0.717, 1.165) is 30.2 Å². The van der Waals surface area contributed by atoms with Crippen LogP contribution in [-0.4, -0.2) is 44.5 Å². The quantitative estimate of drug-likeness (QED) is 0.717. The van der Waals surface area contributed by atoms with Crippen LogP contribution in [0.2, 0.25) is 0 Å². The van der Waals surface area contributed by atoms with Gasteiger partial charge in [0.05, 0.1) is 11.9 Å². The molecule has 7 nitrogen and oxygen atoms in total. The minimum atomic E-state index is -3.41. The Kier molecular flexibility index (Phi) is 7.00. The zero-order chi connectivity index (χ0) is 22.6. The summed E-state index contributed by atoms with van der Waals surface area (Å²) in [6.07, 6.45) is 2.84. The van der Waals surface area contributed by atoms with Crippen molar-refractivity contribution < 1.29 is 18.0 Å². The normalized spacial score (nSPS) is 14.9. The largest absolute Gasteiger partial charge is 0.352 e. The summed E-state index contributed by atoms with van der Waals surface area (Å²) in [7, 11) is -3.41. The number of carbonyl (C=O) groups excluding carboxylic acids is 2. The van der Waals surface area contributed by atoms with Crippen molar-refractivity contribution in [2.75, 3.05) is 24.1 Å². The highest BCUT2D eigenvalue weighted by Crippen LogP contribution is 2.29. The number of likely N-dealkylation sites (tertiary alicyclic amines) is 1. The zero-order valence-electron chi connectivity index (χ0n) is 18.1. The van der Waals surface area contributed by atoms with Gasteiger partial charge in [0.1, 0.15) is 0 Å². The van der Waals surface area contributed by atoms with E-state index in [0.29, 0.717) is 36.8 Å². The number of amides is 2. The Bertz CT molecular complexity index is 1060. The first-order valence-corrected chi connectivity index (χ1v) is 12.2. The maximum Gasteiger partial charge on any atom is 0.253 e. The predicted octanol–water partition coefficient (Wildman–Crippen LogP) is 3.02. The van der Waals surface area contributed by atoms with E-state index in [9.17, 15) is 18.0 Å². The van der Waals surface area contributed by atoms with Gasteiger partial charge in [-0.25, -0.2) is 8.42 Å². The third-order valence-corrected chi connectivity index (χ3v) is 6.15. The number of hydrogen-bond donors (Lipinski definition) is 2. The van der Waals surface area contributed by atoms with E-state index in [-0.39, 0.29) is 11.8 Å². The molecule has 0 aromatic heterocycles. The van der Waals surface area contributed by atoms with Gasteiger partial charge in [-0.15, -0.1) is 0 Å². The minimum absolute atomic E-state index is 0.0473. The zero-order valence-corrected chi connectivity index (χ0v) is 19.0. The number of nitrogens with one attached hydrogen (secondary N) is 2. The lowest BCUT2D eigenvalue weighted by Gasteiger charge is -2.32. The number of anilines is 1. The van der Waals surface area contributed by atoms with E-state index in [1.165, 1.54) is 12.5 Å². The summed E-state index contributed by atoms with van der Waals surface area (Å²) in [5.74, 6) is 0.258. The number of rotatable bonds is 6. The van der Waals surface area contributed by atoms with Crippen molar-refractivity contribution in [2.45, 2.75) is 39.2 Å². The third kappa shape index (κ3) is 6.30. The standard InChI is InChI=1S/C23H29N3O4S/c1-16-4-7-21(14-22(16)25-31(3,29)30)23(28)26-12-10-20(11-13-26)19-8-5-18(6-9-19)15-24-17(2)27/h4-9,14,20,25H,10-13,15H2,1-3H3,(H,24,27). The summed E-state index contributed by atoms with van der Waals surface area (Å²) in [6.45, 7) is 5.13. The average Bonchev–Trinajstić information content (AvgIpc) is 2.73. The summed E-state index contributed by atoms with van der Waals surface area (Å²) in [6, 6.07) is 13.4. The SMILES string of the molecule is CC(=O)NCc1ccc(C2CCN(C(=O)c3ccc(C)c(NS(C)(=O)=O)c3)CC2)cc1. The van der Waals surface area contributed by atoms with Gasteiger partial charge in [0, 0.05) is 32.1 Å². The van der Waals surface area contributed by atoms with Crippen molar-refractivity contribution in [3.63, 3.8) is 0 Å². The van der Waals surface area contributed by atoms with Crippen LogP contribution in [0.3, 0.4) is 0 Å². The lowest BCUT2D eigenvalue weighted by atomic mass is 9.88. The summed E-state index contributed by atoms with van der Waals surface area (Å²) in [5.41, 5.74) is 3.99. The fourth-order valence-electron chi connectivity index (χ4n) is 3.80. The number of sulfonamides is 1. The van der Waals surface area contributed by atoms with Gasteiger partial charge in [-0.1, -0.05) is 30.3 Å². The van der Waals surface area contributed by atoms with Crippen molar-refractivity contribution >= 4 is 27.5 Å². The van der Waals surface area contributed by atoms with Crippen molar-refractivity contribution in [2.24, 2.45) is 0 Å². The van der Waals surface area contributed by atoms with Crippen molar-refractivity contribution in [1.29, 1.82) is 0 Å². The second-order valence-corrected chi connectivity index (χ2v) is 9.87. The Morgan fingerprint density at radius 1 is 1.06 bits per heavy atom. The molecule has 2 aromatic carbocycles. The molecule has 0 spiro atoms. The highest BCUT2D eigenvalue weighted by molar-refractivity contribution is 7.92. The van der Waals surface area contributed by atoms with Gasteiger partial charge in [-0.3, -0.25) is 14.3 Å². The molecule has 3 rings (SSSR count). The molecule has 0 unspecified atom stereocenters. The number of aryl methyl sites for hydroxylation is 1. The van der Waals surface area contributed by atoms with Gasteiger partial charge in [-0.2, -0.15) is 0 Å². The number of hydrogen-bond acceptors (Lipinski definition) is 4. The minimum Gasteiger partial charge on any atom is -0.352 e. The number of nitrogens with zero attached hydrogens (tertiary/aromatic N) is 1. The molecule has 1 saturated heterocycles. The molecule has 1 fully saturated rings. The fourth-order valence-corrected chi connectivity index (χ4v) is 4.42. The van der Waals surface area contributed by atoms with E-state index in [4.69, 9.17) is 0 Å². The molecule has 0 radical (unpaired) electrons. The molecule has 0 saturated carbocycles. The molecule has 166 valence electrons. The Morgan fingerprint density at radius 2 is 1.71 bits per heavy atom. The molecule has 0 bridgehead atoms. The molecule has 1 aliphatic rings. The second kappa shape index (κ2) is 9.51. The van der Waals surface area contributed by atoms with Crippen molar-refractivity contribution in [3.05, 3.63) is 64.7 Å². The van der Waals surface area contributed by atoms with Crippen LogP contribution in [0.15, 0.2) is 42.5 Å². The highest BCUT2D eigenvalue weighted by Gasteiger charge is 2.25. The van der Waals surface area contributed by atoms with Crippen LogP contribution < -0.4 is 10.0 Å². The van der Waals surface area contributed by atoms with Crippen LogP contribution >= 0.6 is 0 Å². The molecule has 1 heterocycles. The van der Waals surface area contributed by atoms with Crippen LogP contribution in [0.1, 0.15) is 52.7 Å². The molecular formula is C23H29N3O4S. The van der Waals surface area contributed by atoms with Crippen molar-refractivity contribution in [3.8, 4) is 0 Å². The number of piperidine rings is 1. The van der Waals surface area contributed by atoms with Gasteiger partial charge in [0.15, 0.2) is 0 Å². The van der Waals surface area contributed by atoms with E-state index in [2.05, 4.69) is 22.2 Å². The van der Waals surface area contributed by atoms with Gasteiger partial charge in [-0.05, 0) is 54.5 Å². The van der Waals surface area contributed by atoms with E-state index < -0.39 is 10.0 Å². The Labute approximate surface area is 183 Å². The van der Waals surface area contributed by atoms with E-state index in [1.54, 1.807) is 25.1 Å². The first-order chi connectivity index (χ1) is 14.6. The van der Waals surface area contributed by atoms with Gasteiger partial charge in [0.25, 0.3) is 5.91 Å². The molecule has 2 aromatic rings.